The molecular formula is C20H25ClN2OS. The lowest BCUT2D eigenvalue weighted by Crippen LogP contribution is -2.20. The molecule has 0 atom stereocenters. The van der Waals surface area contributed by atoms with Crippen molar-refractivity contribution in [3.05, 3.63) is 49.7 Å². The summed E-state index contributed by atoms with van der Waals surface area (Å²) in [5.74, 6) is 0.535. The fraction of sp³-hybridized carbons (Fsp3) is 0.500. The number of rotatable bonds is 3. The van der Waals surface area contributed by atoms with Gasteiger partial charge in [-0.2, -0.15) is 4.99 Å². The molecule has 3 nitrogen and oxygen atoms in total. The normalized spacial score (nSPS) is 15.7. The second kappa shape index (κ2) is 6.73. The summed E-state index contributed by atoms with van der Waals surface area (Å²) in [5, 5.41) is 0.639. The van der Waals surface area contributed by atoms with Crippen LogP contribution in [-0.4, -0.2) is 10.5 Å². The van der Waals surface area contributed by atoms with Crippen LogP contribution in [0.15, 0.2) is 23.2 Å². The minimum absolute atomic E-state index is 0.0487. The summed E-state index contributed by atoms with van der Waals surface area (Å²) in [6, 6.07) is 5.32. The van der Waals surface area contributed by atoms with Crippen LogP contribution in [0.1, 0.15) is 60.1 Å². The number of benzene rings is 1. The molecule has 0 N–H and O–H groups in total. The summed E-state index contributed by atoms with van der Waals surface area (Å²) in [7, 11) is 0. The van der Waals surface area contributed by atoms with Crippen LogP contribution in [0.25, 0.3) is 0 Å². The van der Waals surface area contributed by atoms with Crippen LogP contribution in [0.3, 0.4) is 0 Å². The van der Waals surface area contributed by atoms with Gasteiger partial charge in [0.05, 0.1) is 0 Å². The summed E-state index contributed by atoms with van der Waals surface area (Å²) >= 11 is 7.65. The molecule has 1 aliphatic carbocycles. The van der Waals surface area contributed by atoms with E-state index in [0.717, 1.165) is 22.8 Å². The first-order valence-electron chi connectivity index (χ1n) is 8.72. The van der Waals surface area contributed by atoms with Gasteiger partial charge in [0.25, 0.3) is 5.91 Å². The van der Waals surface area contributed by atoms with E-state index in [-0.39, 0.29) is 11.3 Å². The maximum atomic E-state index is 12.8. The Bertz CT molecular complexity index is 882. The number of carbonyl (C=O) groups excluding carboxylic acids is 1. The third-order valence-corrected chi connectivity index (χ3v) is 6.43. The van der Waals surface area contributed by atoms with E-state index in [1.807, 2.05) is 13.0 Å². The summed E-state index contributed by atoms with van der Waals surface area (Å²) in [6.07, 6.45) is 2.55. The highest BCUT2D eigenvalue weighted by molar-refractivity contribution is 7.09. The summed E-state index contributed by atoms with van der Waals surface area (Å²) in [5.41, 5.74) is 2.77. The van der Waals surface area contributed by atoms with Crippen molar-refractivity contribution in [1.82, 2.24) is 4.57 Å². The second-order valence-corrected chi connectivity index (χ2v) is 9.39. The van der Waals surface area contributed by atoms with Crippen molar-refractivity contribution in [2.24, 2.45) is 10.9 Å². The van der Waals surface area contributed by atoms with Crippen LogP contribution in [0.2, 0.25) is 5.02 Å². The fourth-order valence-corrected chi connectivity index (χ4v) is 4.48. The lowest BCUT2D eigenvalue weighted by atomic mass is 9.93. The molecule has 25 heavy (non-hydrogen) atoms. The van der Waals surface area contributed by atoms with Crippen LogP contribution in [0, 0.1) is 19.8 Å². The van der Waals surface area contributed by atoms with Gasteiger partial charge in [0.15, 0.2) is 4.80 Å². The van der Waals surface area contributed by atoms with Crippen molar-refractivity contribution in [1.29, 1.82) is 0 Å². The third kappa shape index (κ3) is 4.06. The van der Waals surface area contributed by atoms with Gasteiger partial charge in [-0.1, -0.05) is 32.4 Å². The fourth-order valence-electron chi connectivity index (χ4n) is 3.05. The smallest absolute Gasteiger partial charge is 0.279 e. The van der Waals surface area contributed by atoms with E-state index in [9.17, 15) is 4.79 Å². The molecule has 1 fully saturated rings. The molecule has 1 aromatic heterocycles. The minimum atomic E-state index is -0.194. The van der Waals surface area contributed by atoms with Crippen LogP contribution >= 0.6 is 22.9 Å². The van der Waals surface area contributed by atoms with Crippen LogP contribution in [0.5, 0.6) is 0 Å². The Kier molecular flexibility index (Phi) is 4.95. The van der Waals surface area contributed by atoms with Gasteiger partial charge < -0.3 is 4.57 Å². The van der Waals surface area contributed by atoms with E-state index in [1.54, 1.807) is 23.5 Å². The monoisotopic (exact) mass is 376 g/mol. The number of halogens is 1. The SMILES string of the molecule is Cc1cc(Cl)ccc1C(=O)/N=c1\sc(C(C)(C)C)c(C)n1CC1CC1. The van der Waals surface area contributed by atoms with Gasteiger partial charge in [-0.25, -0.2) is 0 Å². The zero-order valence-corrected chi connectivity index (χ0v) is 17.1. The van der Waals surface area contributed by atoms with Crippen LogP contribution < -0.4 is 4.80 Å². The zero-order chi connectivity index (χ0) is 18.4. The van der Waals surface area contributed by atoms with Crippen molar-refractivity contribution < 1.29 is 4.79 Å². The van der Waals surface area contributed by atoms with Gasteiger partial charge in [-0.05, 0) is 61.8 Å². The first-order chi connectivity index (χ1) is 11.7. The molecule has 1 heterocycles. The zero-order valence-electron chi connectivity index (χ0n) is 15.5. The minimum Gasteiger partial charge on any atom is -0.320 e. The van der Waals surface area contributed by atoms with Crippen molar-refractivity contribution in [2.45, 2.75) is 59.4 Å². The Hall–Kier alpha value is -1.39. The van der Waals surface area contributed by atoms with Gasteiger partial charge in [0.2, 0.25) is 0 Å². The van der Waals surface area contributed by atoms with E-state index >= 15 is 0 Å². The number of amides is 1. The molecule has 3 rings (SSSR count). The summed E-state index contributed by atoms with van der Waals surface area (Å²) < 4.78 is 2.24. The molecule has 5 heteroatoms. The van der Waals surface area contributed by atoms with Crippen molar-refractivity contribution in [2.75, 3.05) is 0 Å². The van der Waals surface area contributed by atoms with Crippen molar-refractivity contribution >= 4 is 28.8 Å². The average molecular weight is 377 g/mol. The number of thiazole rings is 1. The molecule has 0 bridgehead atoms. The van der Waals surface area contributed by atoms with Gasteiger partial charge in [-0.15, -0.1) is 11.3 Å². The van der Waals surface area contributed by atoms with Gasteiger partial charge in [-0.3, -0.25) is 4.79 Å². The number of hydrogen-bond acceptors (Lipinski definition) is 2. The Morgan fingerprint density at radius 1 is 1.32 bits per heavy atom. The number of aryl methyl sites for hydroxylation is 1. The largest absolute Gasteiger partial charge is 0.320 e. The molecule has 0 radical (unpaired) electrons. The number of carbonyl (C=O) groups is 1. The molecule has 0 saturated heterocycles. The number of nitrogens with zero attached hydrogens (tertiary/aromatic N) is 2. The Balaban J connectivity index is 2.07. The molecule has 0 unspecified atom stereocenters. The van der Waals surface area contributed by atoms with E-state index in [1.165, 1.54) is 23.4 Å². The molecule has 1 aliphatic rings. The standard InChI is InChI=1S/C20H25ClN2OS/c1-12-10-15(21)8-9-16(12)18(24)22-19-23(11-14-6-7-14)13(2)17(25-19)20(3,4)5/h8-10,14H,6-7,11H2,1-5H3/b22-19-. The van der Waals surface area contributed by atoms with Gasteiger partial charge in [0.1, 0.15) is 0 Å². The van der Waals surface area contributed by atoms with E-state index in [2.05, 4.69) is 37.3 Å². The maximum absolute atomic E-state index is 12.8. The van der Waals surface area contributed by atoms with Crippen molar-refractivity contribution in [3.63, 3.8) is 0 Å². The molecule has 0 aliphatic heterocycles. The topological polar surface area (TPSA) is 34.4 Å². The highest BCUT2D eigenvalue weighted by Crippen LogP contribution is 2.33. The maximum Gasteiger partial charge on any atom is 0.279 e. The third-order valence-electron chi connectivity index (χ3n) is 4.59. The van der Waals surface area contributed by atoms with Crippen LogP contribution in [0.4, 0.5) is 0 Å². The van der Waals surface area contributed by atoms with Gasteiger partial charge >= 0.3 is 0 Å². The average Bonchev–Trinajstić information content (AvgIpc) is 3.25. The Morgan fingerprint density at radius 2 is 2.00 bits per heavy atom. The van der Waals surface area contributed by atoms with Crippen molar-refractivity contribution in [3.8, 4) is 0 Å². The Labute approximate surface area is 158 Å². The van der Waals surface area contributed by atoms with Crippen LogP contribution in [-0.2, 0) is 12.0 Å². The summed E-state index contributed by atoms with van der Waals surface area (Å²) in [6.45, 7) is 11.6. The molecule has 1 saturated carbocycles. The van der Waals surface area contributed by atoms with Gasteiger partial charge in [0, 0.05) is 27.7 Å². The first-order valence-corrected chi connectivity index (χ1v) is 9.92. The molecule has 1 aromatic carbocycles. The highest BCUT2D eigenvalue weighted by Gasteiger charge is 2.27. The summed E-state index contributed by atoms with van der Waals surface area (Å²) in [4.78, 5) is 19.4. The first kappa shape index (κ1) is 18.4. The second-order valence-electron chi connectivity index (χ2n) is 7.98. The molecule has 1 amide bonds. The number of hydrogen-bond donors (Lipinski definition) is 0. The quantitative estimate of drug-likeness (QED) is 0.718. The van der Waals surface area contributed by atoms with E-state index < -0.39 is 0 Å². The van der Waals surface area contributed by atoms with E-state index in [0.29, 0.717) is 10.6 Å². The predicted octanol–water partition coefficient (Wildman–Crippen LogP) is 5.27. The molecule has 134 valence electrons. The lowest BCUT2D eigenvalue weighted by molar-refractivity contribution is 0.0997. The Morgan fingerprint density at radius 3 is 2.56 bits per heavy atom. The highest BCUT2D eigenvalue weighted by atomic mass is 35.5. The molecule has 0 spiro atoms. The molecule has 2 aromatic rings. The predicted molar refractivity (Wildman–Crippen MR) is 105 cm³/mol. The lowest BCUT2D eigenvalue weighted by Gasteiger charge is -2.17. The molecular weight excluding hydrogens is 352 g/mol. The van der Waals surface area contributed by atoms with E-state index in [4.69, 9.17) is 11.6 Å². The number of aromatic nitrogens is 1.